The number of nitrogens with one attached hydrogen (secondary N) is 1. The van der Waals surface area contributed by atoms with Gasteiger partial charge in [0.25, 0.3) is 0 Å². The van der Waals surface area contributed by atoms with Gasteiger partial charge < -0.3 is 10.4 Å². The van der Waals surface area contributed by atoms with E-state index in [9.17, 15) is 18.3 Å². The molecular formula is C21H23ClN4O4S. The molecule has 2 unspecified atom stereocenters. The van der Waals surface area contributed by atoms with Crippen LogP contribution in [0.3, 0.4) is 0 Å². The normalized spacial score (nSPS) is 16.5. The molecule has 0 bridgehead atoms. The number of sulfone groups is 1. The average molecular weight is 463 g/mol. The smallest absolute Gasteiger partial charge is 0.233 e. The van der Waals surface area contributed by atoms with Gasteiger partial charge in [0.1, 0.15) is 11.8 Å². The minimum Gasteiger partial charge on any atom is -0.373 e. The number of nitrogens with zero attached hydrogens (tertiary/aromatic N) is 3. The van der Waals surface area contributed by atoms with Crippen LogP contribution in [0.25, 0.3) is 0 Å². The summed E-state index contributed by atoms with van der Waals surface area (Å²) >= 11 is 6.22. The largest absolute Gasteiger partial charge is 0.373 e. The molecule has 0 saturated heterocycles. The van der Waals surface area contributed by atoms with Crippen LogP contribution in [0.2, 0.25) is 5.02 Å². The highest BCUT2D eigenvalue weighted by molar-refractivity contribution is 7.90. The summed E-state index contributed by atoms with van der Waals surface area (Å²) in [5, 5.41) is 21.0. The van der Waals surface area contributed by atoms with Crippen molar-refractivity contribution >= 4 is 33.2 Å². The molecular weight excluding hydrogens is 440 g/mol. The first-order chi connectivity index (χ1) is 14.7. The number of halogens is 1. The van der Waals surface area contributed by atoms with Crippen molar-refractivity contribution in [2.45, 2.75) is 49.0 Å². The van der Waals surface area contributed by atoms with E-state index in [0.29, 0.717) is 17.9 Å². The Hall–Kier alpha value is -2.54. The van der Waals surface area contributed by atoms with E-state index in [2.05, 4.69) is 15.3 Å². The van der Waals surface area contributed by atoms with E-state index in [1.165, 1.54) is 24.5 Å². The van der Waals surface area contributed by atoms with Gasteiger partial charge in [0.2, 0.25) is 5.91 Å². The molecule has 0 spiro atoms. The molecule has 1 aromatic carbocycles. The van der Waals surface area contributed by atoms with Crippen molar-refractivity contribution < 1.29 is 18.3 Å². The molecule has 164 valence electrons. The number of aliphatic hydroxyl groups is 1. The van der Waals surface area contributed by atoms with Crippen molar-refractivity contribution in [2.75, 3.05) is 11.6 Å². The van der Waals surface area contributed by atoms with Gasteiger partial charge in [-0.3, -0.25) is 9.78 Å². The number of hydrogen-bond acceptors (Lipinski definition) is 7. The van der Waals surface area contributed by atoms with Gasteiger partial charge in [0.15, 0.2) is 21.8 Å². The Balaban J connectivity index is 1.85. The molecule has 2 N–H and O–H groups in total. The first kappa shape index (κ1) is 23.1. The van der Waals surface area contributed by atoms with Gasteiger partial charge in [-0.2, -0.15) is 5.26 Å². The van der Waals surface area contributed by atoms with Gasteiger partial charge in [-0.05, 0) is 30.0 Å². The molecule has 8 nitrogen and oxygen atoms in total. The fourth-order valence-corrected chi connectivity index (χ4v) is 5.17. The zero-order chi connectivity index (χ0) is 22.6. The van der Waals surface area contributed by atoms with Crippen molar-refractivity contribution in [1.29, 1.82) is 5.26 Å². The van der Waals surface area contributed by atoms with E-state index < -0.39 is 21.9 Å². The number of aliphatic hydroxyl groups excluding tert-OH is 1. The van der Waals surface area contributed by atoms with Crippen molar-refractivity contribution in [1.82, 2.24) is 9.97 Å². The fourth-order valence-electron chi connectivity index (χ4n) is 3.83. The van der Waals surface area contributed by atoms with Crippen LogP contribution in [0.1, 0.15) is 55.4 Å². The van der Waals surface area contributed by atoms with E-state index in [-0.39, 0.29) is 27.3 Å². The van der Waals surface area contributed by atoms with Gasteiger partial charge >= 0.3 is 0 Å². The molecule has 10 heteroatoms. The van der Waals surface area contributed by atoms with E-state index in [1.807, 2.05) is 0 Å². The topological polar surface area (TPSA) is 133 Å². The van der Waals surface area contributed by atoms with Gasteiger partial charge in [0, 0.05) is 6.26 Å². The number of anilines is 1. The van der Waals surface area contributed by atoms with Crippen LogP contribution in [-0.2, 0) is 14.6 Å². The Morgan fingerprint density at radius 2 is 2.03 bits per heavy atom. The molecule has 2 atom stereocenters. The molecule has 0 aliphatic heterocycles. The third kappa shape index (κ3) is 5.79. The third-order valence-electron chi connectivity index (χ3n) is 5.44. The number of nitriles is 1. The lowest BCUT2D eigenvalue weighted by atomic mass is 9.87. The lowest BCUT2D eigenvalue weighted by Crippen LogP contribution is -2.24. The summed E-state index contributed by atoms with van der Waals surface area (Å²) in [5.74, 6) is -0.268. The molecule has 3 rings (SSSR count). The van der Waals surface area contributed by atoms with Crippen LogP contribution in [0.4, 0.5) is 5.82 Å². The number of aromatic nitrogens is 2. The summed E-state index contributed by atoms with van der Waals surface area (Å²) < 4.78 is 23.7. The van der Waals surface area contributed by atoms with Gasteiger partial charge in [-0.25, -0.2) is 13.4 Å². The number of rotatable bonds is 7. The summed E-state index contributed by atoms with van der Waals surface area (Å²) in [6.45, 7) is 0. The number of hydrogen-bond donors (Lipinski definition) is 2. The van der Waals surface area contributed by atoms with Gasteiger partial charge in [-0.1, -0.05) is 43.4 Å². The highest BCUT2D eigenvalue weighted by Gasteiger charge is 2.28. The van der Waals surface area contributed by atoms with Gasteiger partial charge in [-0.15, -0.1) is 0 Å². The van der Waals surface area contributed by atoms with E-state index in [4.69, 9.17) is 16.9 Å². The molecule has 1 amide bonds. The zero-order valence-corrected chi connectivity index (χ0v) is 18.5. The lowest BCUT2D eigenvalue weighted by Gasteiger charge is -2.21. The number of carbonyl (C=O) groups is 1. The van der Waals surface area contributed by atoms with Gasteiger partial charge in [0.05, 0.1) is 28.2 Å². The van der Waals surface area contributed by atoms with Crippen LogP contribution in [0, 0.1) is 17.2 Å². The summed E-state index contributed by atoms with van der Waals surface area (Å²) in [5.41, 5.74) is 0.720. The molecule has 0 radical (unpaired) electrons. The summed E-state index contributed by atoms with van der Waals surface area (Å²) in [6.07, 6.45) is 7.15. The Kier molecular flexibility index (Phi) is 7.26. The molecule has 31 heavy (non-hydrogen) atoms. The van der Waals surface area contributed by atoms with Crippen molar-refractivity contribution in [2.24, 2.45) is 5.92 Å². The Labute approximate surface area is 186 Å². The minimum absolute atomic E-state index is 0.0236. The van der Waals surface area contributed by atoms with Crippen LogP contribution in [-0.4, -0.2) is 35.7 Å². The first-order valence-corrected chi connectivity index (χ1v) is 12.2. The van der Waals surface area contributed by atoms with Crippen LogP contribution in [0.5, 0.6) is 0 Å². The standard InChI is InChI=1S/C21H23ClN4O4S/c1-31(29,30)19-7-6-14(9-16(19)22)15(8-13-4-2-3-5-13)21(28)26-20-12-24-17(11-25-20)18(27)10-23/h6-7,9,11-13,15,18,27H,2-5,8H2,1H3,(H,25,26,28). The number of benzene rings is 1. The summed E-state index contributed by atoms with van der Waals surface area (Å²) in [6, 6.07) is 6.24. The molecule has 1 heterocycles. The van der Waals surface area contributed by atoms with E-state index in [0.717, 1.165) is 31.9 Å². The predicted molar refractivity (Wildman–Crippen MR) is 115 cm³/mol. The maximum absolute atomic E-state index is 13.1. The quantitative estimate of drug-likeness (QED) is 0.602. The highest BCUT2D eigenvalue weighted by atomic mass is 35.5. The Morgan fingerprint density at radius 3 is 2.58 bits per heavy atom. The van der Waals surface area contributed by atoms with E-state index >= 15 is 0 Å². The second kappa shape index (κ2) is 9.73. The SMILES string of the molecule is CS(=O)(=O)c1ccc(C(CC2CCCC2)C(=O)Nc2cnc(C(O)C#N)cn2)cc1Cl. The van der Waals surface area contributed by atoms with Crippen LogP contribution < -0.4 is 5.32 Å². The average Bonchev–Trinajstić information content (AvgIpc) is 3.24. The summed E-state index contributed by atoms with van der Waals surface area (Å²) in [4.78, 5) is 21.2. The number of carbonyl (C=O) groups excluding carboxylic acids is 1. The Morgan fingerprint density at radius 1 is 1.32 bits per heavy atom. The third-order valence-corrected chi connectivity index (χ3v) is 7.02. The summed E-state index contributed by atoms with van der Waals surface area (Å²) in [7, 11) is -3.47. The van der Waals surface area contributed by atoms with Crippen LogP contribution >= 0.6 is 11.6 Å². The molecule has 1 saturated carbocycles. The molecule has 1 fully saturated rings. The minimum atomic E-state index is -3.47. The lowest BCUT2D eigenvalue weighted by molar-refractivity contribution is -0.118. The Bertz CT molecular complexity index is 1090. The predicted octanol–water partition coefficient (Wildman–Crippen LogP) is 3.39. The van der Waals surface area contributed by atoms with E-state index in [1.54, 1.807) is 12.1 Å². The monoisotopic (exact) mass is 462 g/mol. The van der Waals surface area contributed by atoms with Crippen molar-refractivity contribution in [3.63, 3.8) is 0 Å². The molecule has 1 aromatic heterocycles. The maximum atomic E-state index is 13.1. The highest BCUT2D eigenvalue weighted by Crippen LogP contribution is 2.36. The molecule has 1 aliphatic carbocycles. The second-order valence-electron chi connectivity index (χ2n) is 7.75. The fraction of sp³-hybridized carbons (Fsp3) is 0.429. The zero-order valence-electron chi connectivity index (χ0n) is 17.0. The first-order valence-electron chi connectivity index (χ1n) is 9.89. The molecule has 2 aromatic rings. The van der Waals surface area contributed by atoms with Crippen molar-refractivity contribution in [3.05, 3.63) is 46.9 Å². The number of amides is 1. The molecule has 1 aliphatic rings. The van der Waals surface area contributed by atoms with Crippen molar-refractivity contribution in [3.8, 4) is 6.07 Å². The second-order valence-corrected chi connectivity index (χ2v) is 10.1. The van der Waals surface area contributed by atoms with Crippen LogP contribution in [0.15, 0.2) is 35.5 Å². The maximum Gasteiger partial charge on any atom is 0.233 e.